The van der Waals surface area contributed by atoms with Gasteiger partial charge in [0, 0.05) is 11.8 Å². The Labute approximate surface area is 143 Å². The molecule has 0 aliphatic carbocycles. The minimum absolute atomic E-state index is 0.0176. The number of nitriles is 1. The fraction of sp³-hybridized carbons (Fsp3) is 0.0588. The maximum absolute atomic E-state index is 8.82. The van der Waals surface area contributed by atoms with Gasteiger partial charge in [-0.2, -0.15) is 20.2 Å². The number of ether oxygens (including phenoxy) is 2. The van der Waals surface area contributed by atoms with E-state index in [0.717, 1.165) is 0 Å². The third-order valence-electron chi connectivity index (χ3n) is 3.15. The van der Waals surface area contributed by atoms with Gasteiger partial charge in [0.2, 0.25) is 11.9 Å². The van der Waals surface area contributed by atoms with Crippen molar-refractivity contribution in [2.45, 2.75) is 0 Å². The second kappa shape index (κ2) is 7.14. The van der Waals surface area contributed by atoms with Crippen molar-refractivity contribution < 1.29 is 9.47 Å². The predicted molar refractivity (Wildman–Crippen MR) is 91.7 cm³/mol. The molecule has 0 aliphatic heterocycles. The standard InChI is InChI=1S/C17H14N6O2/c1-24-13-3-2-4-14(9-13)25-17-22-15(19)21-16(23-17)20-12-7-5-11(10-18)6-8-12/h2-9H,1H3,(H3,19,20,21,22,23). The molecule has 3 aromatic rings. The van der Waals surface area contributed by atoms with Crippen molar-refractivity contribution in [1.29, 1.82) is 5.26 Å². The zero-order valence-corrected chi connectivity index (χ0v) is 13.3. The van der Waals surface area contributed by atoms with Crippen LogP contribution in [0, 0.1) is 11.3 Å². The minimum atomic E-state index is 0.0176. The summed E-state index contributed by atoms with van der Waals surface area (Å²) in [4.78, 5) is 12.2. The smallest absolute Gasteiger partial charge is 0.328 e. The summed E-state index contributed by atoms with van der Waals surface area (Å²) in [5.41, 5.74) is 6.98. The minimum Gasteiger partial charge on any atom is -0.497 e. The lowest BCUT2D eigenvalue weighted by Crippen LogP contribution is -2.05. The van der Waals surface area contributed by atoms with Crippen molar-refractivity contribution in [3.05, 3.63) is 54.1 Å². The first-order valence-corrected chi connectivity index (χ1v) is 7.27. The summed E-state index contributed by atoms with van der Waals surface area (Å²) in [6, 6.07) is 16.0. The number of anilines is 3. The molecule has 0 bridgehead atoms. The molecular weight excluding hydrogens is 320 g/mol. The summed E-state index contributed by atoms with van der Waals surface area (Å²) < 4.78 is 10.8. The summed E-state index contributed by atoms with van der Waals surface area (Å²) in [5.74, 6) is 1.41. The molecule has 0 unspecified atom stereocenters. The Bertz CT molecular complexity index is 921. The van der Waals surface area contributed by atoms with E-state index in [9.17, 15) is 0 Å². The monoisotopic (exact) mass is 334 g/mol. The average Bonchev–Trinajstić information content (AvgIpc) is 2.62. The van der Waals surface area contributed by atoms with E-state index in [1.165, 1.54) is 0 Å². The highest BCUT2D eigenvalue weighted by Crippen LogP contribution is 2.24. The molecule has 8 nitrogen and oxygen atoms in total. The number of nitrogens with two attached hydrogens (primary N) is 1. The Balaban J connectivity index is 1.80. The van der Waals surface area contributed by atoms with Crippen molar-refractivity contribution in [3.8, 4) is 23.6 Å². The Kier molecular flexibility index (Phi) is 4.58. The van der Waals surface area contributed by atoms with Gasteiger partial charge in [0.15, 0.2) is 0 Å². The van der Waals surface area contributed by atoms with Gasteiger partial charge in [-0.05, 0) is 36.4 Å². The molecule has 0 atom stereocenters. The molecule has 1 heterocycles. The lowest BCUT2D eigenvalue weighted by Gasteiger charge is -2.09. The third kappa shape index (κ3) is 4.11. The summed E-state index contributed by atoms with van der Waals surface area (Å²) >= 11 is 0. The quantitative estimate of drug-likeness (QED) is 0.731. The van der Waals surface area contributed by atoms with E-state index in [1.807, 2.05) is 0 Å². The van der Waals surface area contributed by atoms with Gasteiger partial charge in [-0.1, -0.05) is 6.07 Å². The molecule has 124 valence electrons. The van der Waals surface area contributed by atoms with Crippen molar-refractivity contribution in [2.75, 3.05) is 18.2 Å². The van der Waals surface area contributed by atoms with Gasteiger partial charge in [0.25, 0.3) is 0 Å². The summed E-state index contributed by atoms with van der Waals surface area (Å²) in [6.45, 7) is 0. The first-order chi connectivity index (χ1) is 12.2. The van der Waals surface area contributed by atoms with E-state index in [-0.39, 0.29) is 17.9 Å². The molecule has 8 heteroatoms. The average molecular weight is 334 g/mol. The second-order valence-corrected chi connectivity index (χ2v) is 4.89. The van der Waals surface area contributed by atoms with Crippen LogP contribution in [0.4, 0.5) is 17.6 Å². The molecule has 3 rings (SSSR count). The third-order valence-corrected chi connectivity index (χ3v) is 3.15. The van der Waals surface area contributed by atoms with Gasteiger partial charge in [-0.25, -0.2) is 0 Å². The number of rotatable bonds is 5. The number of nitrogen functional groups attached to an aromatic ring is 1. The lowest BCUT2D eigenvalue weighted by molar-refractivity contribution is 0.404. The summed E-state index contributed by atoms with van der Waals surface area (Å²) in [6.07, 6.45) is 0. The number of methoxy groups -OCH3 is 1. The van der Waals surface area contributed by atoms with E-state index in [4.69, 9.17) is 20.5 Å². The Hall–Kier alpha value is -3.86. The fourth-order valence-corrected chi connectivity index (χ4v) is 2.00. The summed E-state index contributed by atoms with van der Waals surface area (Å²) in [7, 11) is 1.57. The molecule has 2 aromatic carbocycles. The van der Waals surface area contributed by atoms with Crippen molar-refractivity contribution in [3.63, 3.8) is 0 Å². The fourth-order valence-electron chi connectivity index (χ4n) is 2.00. The predicted octanol–water partition coefficient (Wildman–Crippen LogP) is 2.87. The molecular formula is C17H14N6O2. The van der Waals surface area contributed by atoms with Crippen molar-refractivity contribution in [2.24, 2.45) is 0 Å². The van der Waals surface area contributed by atoms with Crippen LogP contribution < -0.4 is 20.5 Å². The zero-order valence-electron chi connectivity index (χ0n) is 13.3. The maximum Gasteiger partial charge on any atom is 0.328 e. The molecule has 0 spiro atoms. The van der Waals surface area contributed by atoms with Crippen LogP contribution in [-0.2, 0) is 0 Å². The Morgan fingerprint density at radius 2 is 1.80 bits per heavy atom. The molecule has 0 amide bonds. The van der Waals surface area contributed by atoms with E-state index in [1.54, 1.807) is 55.6 Å². The van der Waals surface area contributed by atoms with Crippen LogP contribution in [0.5, 0.6) is 17.5 Å². The molecule has 3 N–H and O–H groups in total. The molecule has 0 saturated carbocycles. The zero-order chi connectivity index (χ0) is 17.6. The Morgan fingerprint density at radius 3 is 2.52 bits per heavy atom. The van der Waals surface area contributed by atoms with E-state index < -0.39 is 0 Å². The van der Waals surface area contributed by atoms with E-state index in [0.29, 0.717) is 22.7 Å². The summed E-state index contributed by atoms with van der Waals surface area (Å²) in [5, 5.41) is 11.8. The Morgan fingerprint density at radius 1 is 1.04 bits per heavy atom. The normalized spacial score (nSPS) is 9.92. The maximum atomic E-state index is 8.82. The van der Waals surface area contributed by atoms with Gasteiger partial charge >= 0.3 is 6.01 Å². The topological polar surface area (TPSA) is 119 Å². The lowest BCUT2D eigenvalue weighted by atomic mass is 10.2. The SMILES string of the molecule is COc1cccc(Oc2nc(N)nc(Nc3ccc(C#N)cc3)n2)c1. The highest BCUT2D eigenvalue weighted by molar-refractivity contribution is 5.55. The van der Waals surface area contributed by atoms with Gasteiger partial charge in [-0.3, -0.25) is 0 Å². The number of nitrogens with one attached hydrogen (secondary N) is 1. The highest BCUT2D eigenvalue weighted by Gasteiger charge is 2.08. The number of hydrogen-bond donors (Lipinski definition) is 2. The molecule has 0 radical (unpaired) electrons. The molecule has 25 heavy (non-hydrogen) atoms. The van der Waals surface area contributed by atoms with E-state index in [2.05, 4.69) is 26.3 Å². The number of nitrogens with zero attached hydrogens (tertiary/aromatic N) is 4. The molecule has 0 saturated heterocycles. The highest BCUT2D eigenvalue weighted by atomic mass is 16.5. The van der Waals surface area contributed by atoms with Crippen LogP contribution >= 0.6 is 0 Å². The van der Waals surface area contributed by atoms with Gasteiger partial charge in [0.05, 0.1) is 18.7 Å². The van der Waals surface area contributed by atoms with Gasteiger partial charge < -0.3 is 20.5 Å². The van der Waals surface area contributed by atoms with Crippen LogP contribution in [-0.4, -0.2) is 22.1 Å². The van der Waals surface area contributed by atoms with E-state index >= 15 is 0 Å². The number of aromatic nitrogens is 3. The van der Waals surface area contributed by atoms with Crippen LogP contribution in [0.15, 0.2) is 48.5 Å². The number of benzene rings is 2. The van der Waals surface area contributed by atoms with Crippen LogP contribution in [0.2, 0.25) is 0 Å². The van der Waals surface area contributed by atoms with Crippen molar-refractivity contribution in [1.82, 2.24) is 15.0 Å². The van der Waals surface area contributed by atoms with Crippen LogP contribution in [0.1, 0.15) is 5.56 Å². The first-order valence-electron chi connectivity index (χ1n) is 7.27. The van der Waals surface area contributed by atoms with Gasteiger partial charge in [0.1, 0.15) is 11.5 Å². The van der Waals surface area contributed by atoms with Crippen LogP contribution in [0.25, 0.3) is 0 Å². The van der Waals surface area contributed by atoms with Crippen LogP contribution in [0.3, 0.4) is 0 Å². The first kappa shape index (κ1) is 16.0. The molecule has 0 fully saturated rings. The van der Waals surface area contributed by atoms with Gasteiger partial charge in [-0.15, -0.1) is 0 Å². The largest absolute Gasteiger partial charge is 0.497 e. The van der Waals surface area contributed by atoms with Crippen molar-refractivity contribution >= 4 is 17.6 Å². The molecule has 0 aliphatic rings. The second-order valence-electron chi connectivity index (χ2n) is 4.89. The number of hydrogen-bond acceptors (Lipinski definition) is 8. The molecule has 1 aromatic heterocycles.